The van der Waals surface area contributed by atoms with Crippen molar-refractivity contribution >= 4 is 27.6 Å². The number of allylic oxidation sites excluding steroid dienone is 8. The molecule has 66 heavy (non-hydrogen) atoms. The fourth-order valence-electron chi connectivity index (χ4n) is 6.84. The molecule has 0 rings (SSSR count). The number of hydrogen-bond donors (Lipinski definition) is 5. The van der Waals surface area contributed by atoms with E-state index in [0.717, 1.165) is 63.7 Å². The highest BCUT2D eigenvalue weighted by Crippen LogP contribution is 2.44. The molecule has 0 spiro atoms. The van der Waals surface area contributed by atoms with Gasteiger partial charge in [0.15, 0.2) is 6.10 Å². The summed E-state index contributed by atoms with van der Waals surface area (Å²) in [5.74, 6) is -0.279. The molecule has 4 atom stereocenters. The Bertz CT molecular complexity index is 1380. The molecule has 5 N–H and O–H groups in total. The first-order valence-electron chi connectivity index (χ1n) is 25.2. The Kier molecular flexibility index (Phi) is 42.9. The number of carbonyl (C=O) groups is 2. The number of phosphoric acid groups is 2. The van der Waals surface area contributed by atoms with E-state index < -0.39 is 66.2 Å². The van der Waals surface area contributed by atoms with E-state index in [1.165, 1.54) is 96.3 Å². The number of aliphatic hydroxyl groups is 2. The zero-order chi connectivity index (χ0) is 49.0. The highest BCUT2D eigenvalue weighted by molar-refractivity contribution is 7.47. The Hall–Kier alpha value is -1.96. The number of rotatable bonds is 47. The lowest BCUT2D eigenvalue weighted by atomic mass is 10.0. The predicted molar refractivity (Wildman–Crippen MR) is 264 cm³/mol. The van der Waals surface area contributed by atoms with Gasteiger partial charge in [0.2, 0.25) is 0 Å². The average molecular weight is 979 g/mol. The van der Waals surface area contributed by atoms with Crippen molar-refractivity contribution in [1.29, 1.82) is 0 Å². The van der Waals surface area contributed by atoms with Crippen LogP contribution in [0.15, 0.2) is 48.6 Å². The molecule has 0 saturated carbocycles. The zero-order valence-corrected chi connectivity index (χ0v) is 42.9. The van der Waals surface area contributed by atoms with E-state index in [9.17, 15) is 33.8 Å². The molecule has 1 unspecified atom stereocenters. The summed E-state index contributed by atoms with van der Waals surface area (Å²) in [5.41, 5.74) is 0. The third-order valence-corrected chi connectivity index (χ3v) is 12.1. The van der Waals surface area contributed by atoms with E-state index in [0.29, 0.717) is 19.3 Å². The predicted octanol–water partition coefficient (Wildman–Crippen LogP) is 12.6. The van der Waals surface area contributed by atoms with E-state index in [1.54, 1.807) is 0 Å². The monoisotopic (exact) mass is 979 g/mol. The summed E-state index contributed by atoms with van der Waals surface area (Å²) in [6.07, 6.45) is 43.8. The summed E-state index contributed by atoms with van der Waals surface area (Å²) in [5, 5.41) is 19.1. The molecule has 0 saturated heterocycles. The van der Waals surface area contributed by atoms with Crippen LogP contribution >= 0.6 is 15.6 Å². The smallest absolute Gasteiger partial charge is 0.462 e. The lowest BCUT2D eigenvalue weighted by Crippen LogP contribution is -2.30. The molecule has 0 amide bonds. The van der Waals surface area contributed by atoms with Crippen LogP contribution < -0.4 is 0 Å². The molecule has 0 aliphatic heterocycles. The SMILES string of the molecule is CC(C)CCCCCCCCCCCCCCCCCCCCC(=O)O[C@H](COC(=O)CCC/C=C\C/C=C\C/C=C\C/C=C\CCC[C@@H](C)O)COP(=O)(O)OC[C@@H](O)COP(=O)(O)O. The number of ether oxygens (including phenoxy) is 2. The van der Waals surface area contributed by atoms with Gasteiger partial charge in [0.05, 0.1) is 25.9 Å². The number of esters is 2. The molecule has 0 aliphatic carbocycles. The van der Waals surface area contributed by atoms with E-state index in [1.807, 2.05) is 19.1 Å². The zero-order valence-electron chi connectivity index (χ0n) is 41.1. The van der Waals surface area contributed by atoms with Crippen LogP contribution in [-0.4, -0.2) is 81.6 Å². The Balaban J connectivity index is 4.47. The van der Waals surface area contributed by atoms with Gasteiger partial charge in [-0.25, -0.2) is 9.13 Å². The van der Waals surface area contributed by atoms with Gasteiger partial charge in [0, 0.05) is 12.8 Å². The number of aliphatic hydroxyl groups excluding tert-OH is 2. The Morgan fingerprint density at radius 2 is 0.879 bits per heavy atom. The molecule has 16 heteroatoms. The van der Waals surface area contributed by atoms with Crippen molar-refractivity contribution in [3.05, 3.63) is 48.6 Å². The van der Waals surface area contributed by atoms with Gasteiger partial charge in [-0.15, -0.1) is 0 Å². The minimum atomic E-state index is -4.88. The molecular formula is C50H92O14P2. The van der Waals surface area contributed by atoms with Crippen LogP contribution in [0.5, 0.6) is 0 Å². The minimum absolute atomic E-state index is 0.108. The van der Waals surface area contributed by atoms with E-state index in [4.69, 9.17) is 28.3 Å². The van der Waals surface area contributed by atoms with Crippen LogP contribution in [0, 0.1) is 5.92 Å². The van der Waals surface area contributed by atoms with Crippen molar-refractivity contribution in [2.24, 2.45) is 5.92 Å². The highest BCUT2D eigenvalue weighted by Gasteiger charge is 2.28. The van der Waals surface area contributed by atoms with Crippen LogP contribution in [0.4, 0.5) is 0 Å². The maximum atomic E-state index is 12.7. The van der Waals surface area contributed by atoms with Crippen molar-refractivity contribution in [2.45, 2.75) is 225 Å². The van der Waals surface area contributed by atoms with E-state index in [-0.39, 0.29) is 18.9 Å². The van der Waals surface area contributed by atoms with Gasteiger partial charge in [-0.2, -0.15) is 0 Å². The second-order valence-electron chi connectivity index (χ2n) is 17.9. The van der Waals surface area contributed by atoms with Gasteiger partial charge in [-0.05, 0) is 70.6 Å². The summed E-state index contributed by atoms with van der Waals surface area (Å²) in [7, 11) is -9.71. The molecule has 0 aromatic rings. The molecule has 0 aliphatic rings. The molecular weight excluding hydrogens is 886 g/mol. The quantitative estimate of drug-likeness (QED) is 0.0166. The van der Waals surface area contributed by atoms with Crippen LogP contribution in [0.3, 0.4) is 0 Å². The maximum absolute atomic E-state index is 12.7. The van der Waals surface area contributed by atoms with Crippen LogP contribution in [0.25, 0.3) is 0 Å². The summed E-state index contributed by atoms with van der Waals surface area (Å²) >= 11 is 0. The van der Waals surface area contributed by atoms with Crippen molar-refractivity contribution in [3.8, 4) is 0 Å². The van der Waals surface area contributed by atoms with Gasteiger partial charge < -0.3 is 34.4 Å². The number of unbranched alkanes of at least 4 members (excludes halogenated alkanes) is 19. The summed E-state index contributed by atoms with van der Waals surface area (Å²) in [4.78, 5) is 52.9. The maximum Gasteiger partial charge on any atom is 0.472 e. The Morgan fingerprint density at radius 1 is 0.470 bits per heavy atom. The van der Waals surface area contributed by atoms with Gasteiger partial charge in [0.25, 0.3) is 0 Å². The standard InChI is InChI=1S/C50H92O14P2/c1-45(2)37-33-29-25-21-17-13-9-6-4-5-7-11-16-20-24-28-32-36-40-50(54)64-48(44-63-66(58,59)62-42-47(52)41-61-65(55,56)57)43-60-49(53)39-35-31-27-23-19-15-12-8-10-14-18-22-26-30-34-38-46(3)51/h10,12,14-15,22-23,26-27,45-48,51-52H,4-9,11,13,16-21,24-25,28-44H2,1-3H3,(H,58,59)(H2,55,56,57)/b14-10-,15-12-,26-22-,27-23-/t46-,47+,48-/m1/s1. The largest absolute Gasteiger partial charge is 0.472 e. The second-order valence-corrected chi connectivity index (χ2v) is 20.5. The Morgan fingerprint density at radius 3 is 1.35 bits per heavy atom. The first-order valence-corrected chi connectivity index (χ1v) is 28.2. The van der Waals surface area contributed by atoms with Crippen molar-refractivity contribution < 1.29 is 66.7 Å². The lowest BCUT2D eigenvalue weighted by Gasteiger charge is -2.20. The van der Waals surface area contributed by atoms with Gasteiger partial charge in [0.1, 0.15) is 12.7 Å². The molecule has 0 aromatic carbocycles. The van der Waals surface area contributed by atoms with Crippen molar-refractivity contribution in [1.82, 2.24) is 0 Å². The summed E-state index contributed by atoms with van der Waals surface area (Å²) < 4.78 is 47.9. The summed E-state index contributed by atoms with van der Waals surface area (Å²) in [6, 6.07) is 0. The molecule has 0 heterocycles. The average Bonchev–Trinajstić information content (AvgIpc) is 3.25. The number of carbonyl (C=O) groups excluding carboxylic acids is 2. The number of hydrogen-bond acceptors (Lipinski definition) is 11. The van der Waals surface area contributed by atoms with E-state index in [2.05, 4.69) is 54.8 Å². The number of phosphoric ester groups is 2. The minimum Gasteiger partial charge on any atom is -0.462 e. The highest BCUT2D eigenvalue weighted by atomic mass is 31.2. The first-order chi connectivity index (χ1) is 31.6. The summed E-state index contributed by atoms with van der Waals surface area (Å²) in [6.45, 7) is 3.62. The van der Waals surface area contributed by atoms with Gasteiger partial charge in [-0.1, -0.05) is 178 Å². The molecule has 14 nitrogen and oxygen atoms in total. The van der Waals surface area contributed by atoms with Crippen molar-refractivity contribution in [3.63, 3.8) is 0 Å². The Labute approximate surface area is 399 Å². The van der Waals surface area contributed by atoms with E-state index >= 15 is 0 Å². The third kappa shape index (κ3) is 49.9. The molecule has 0 fully saturated rings. The molecule has 0 aromatic heterocycles. The van der Waals surface area contributed by atoms with Crippen LogP contribution in [0.1, 0.15) is 207 Å². The molecule has 386 valence electrons. The van der Waals surface area contributed by atoms with Gasteiger partial charge >= 0.3 is 27.6 Å². The topological polar surface area (TPSA) is 216 Å². The molecule has 0 radical (unpaired) electrons. The van der Waals surface area contributed by atoms with Crippen LogP contribution in [-0.2, 0) is 41.8 Å². The van der Waals surface area contributed by atoms with Crippen LogP contribution in [0.2, 0.25) is 0 Å². The molecule has 0 bridgehead atoms. The van der Waals surface area contributed by atoms with Gasteiger partial charge in [-0.3, -0.25) is 23.2 Å². The first kappa shape index (κ1) is 64.0. The normalized spacial score (nSPS) is 14.8. The lowest BCUT2D eigenvalue weighted by molar-refractivity contribution is -0.161. The van der Waals surface area contributed by atoms with Crippen molar-refractivity contribution in [2.75, 3.05) is 26.4 Å². The fraction of sp³-hybridized carbons (Fsp3) is 0.800. The third-order valence-electron chi connectivity index (χ3n) is 10.7. The second kappa shape index (κ2) is 44.3. The fourth-order valence-corrected chi connectivity index (χ4v) is 8.00.